The van der Waals surface area contributed by atoms with Crippen LogP contribution in [0.3, 0.4) is 0 Å². The Bertz CT molecular complexity index is 638. The van der Waals surface area contributed by atoms with Crippen molar-refractivity contribution in [3.8, 4) is 5.75 Å². The van der Waals surface area contributed by atoms with E-state index < -0.39 is 6.10 Å². The lowest BCUT2D eigenvalue weighted by Crippen LogP contribution is -2.30. The number of anilines is 1. The minimum atomic E-state index is -0.671. The van der Waals surface area contributed by atoms with Crippen LogP contribution < -0.4 is 10.1 Å². The van der Waals surface area contributed by atoms with Gasteiger partial charge in [-0.3, -0.25) is 4.79 Å². The first-order valence-corrected chi connectivity index (χ1v) is 6.76. The number of amides is 1. The Balaban J connectivity index is 2.02. The number of benzene rings is 2. The lowest BCUT2D eigenvalue weighted by Gasteiger charge is -2.16. The number of ether oxygens (including phenoxy) is 1. The first-order valence-electron chi connectivity index (χ1n) is 6.76. The van der Waals surface area contributed by atoms with Crippen LogP contribution in [0, 0.1) is 19.7 Å². The van der Waals surface area contributed by atoms with Crippen molar-refractivity contribution in [3.05, 3.63) is 59.4 Å². The van der Waals surface area contributed by atoms with Crippen LogP contribution in [0.4, 0.5) is 10.1 Å². The van der Waals surface area contributed by atoms with Crippen LogP contribution in [0.1, 0.15) is 18.1 Å². The molecule has 2 aromatic rings. The molecule has 2 aromatic carbocycles. The normalized spacial score (nSPS) is 11.8. The number of aryl methyl sites for hydroxylation is 1. The van der Waals surface area contributed by atoms with E-state index >= 15 is 0 Å². The summed E-state index contributed by atoms with van der Waals surface area (Å²) in [7, 11) is 0. The molecule has 1 amide bonds. The van der Waals surface area contributed by atoms with Crippen molar-refractivity contribution in [2.75, 3.05) is 5.32 Å². The fourth-order valence-electron chi connectivity index (χ4n) is 1.89. The highest BCUT2D eigenvalue weighted by Crippen LogP contribution is 2.19. The molecule has 110 valence electrons. The molecule has 2 rings (SSSR count). The molecule has 0 heterocycles. The van der Waals surface area contributed by atoms with Crippen LogP contribution in [0.15, 0.2) is 42.5 Å². The van der Waals surface area contributed by atoms with Crippen molar-refractivity contribution in [1.29, 1.82) is 0 Å². The van der Waals surface area contributed by atoms with Crippen LogP contribution in [0.2, 0.25) is 0 Å². The molecule has 0 radical (unpaired) electrons. The molecule has 4 heteroatoms. The minimum Gasteiger partial charge on any atom is -0.481 e. The zero-order chi connectivity index (χ0) is 15.4. The van der Waals surface area contributed by atoms with Gasteiger partial charge in [-0.05, 0) is 62.2 Å². The van der Waals surface area contributed by atoms with Gasteiger partial charge >= 0.3 is 0 Å². The average Bonchev–Trinajstić information content (AvgIpc) is 2.46. The fourth-order valence-corrected chi connectivity index (χ4v) is 1.89. The van der Waals surface area contributed by atoms with E-state index in [-0.39, 0.29) is 11.7 Å². The van der Waals surface area contributed by atoms with E-state index in [0.717, 1.165) is 16.8 Å². The number of hydrogen-bond donors (Lipinski definition) is 1. The van der Waals surface area contributed by atoms with Crippen molar-refractivity contribution >= 4 is 11.6 Å². The maximum absolute atomic E-state index is 12.8. The molecule has 0 saturated carbocycles. The van der Waals surface area contributed by atoms with E-state index in [1.54, 1.807) is 6.92 Å². The topological polar surface area (TPSA) is 38.3 Å². The van der Waals surface area contributed by atoms with Gasteiger partial charge in [0.05, 0.1) is 0 Å². The molecule has 3 nitrogen and oxygen atoms in total. The molecule has 0 aromatic heterocycles. The van der Waals surface area contributed by atoms with Gasteiger partial charge in [0.25, 0.3) is 5.91 Å². The van der Waals surface area contributed by atoms with Crippen LogP contribution >= 0.6 is 0 Å². The molecule has 1 N–H and O–H groups in total. The summed E-state index contributed by atoms with van der Waals surface area (Å²) in [5, 5.41) is 2.84. The van der Waals surface area contributed by atoms with Crippen molar-refractivity contribution in [2.24, 2.45) is 0 Å². The Morgan fingerprint density at radius 3 is 2.48 bits per heavy atom. The summed E-state index contributed by atoms with van der Waals surface area (Å²) < 4.78 is 18.3. The first-order chi connectivity index (χ1) is 9.97. The number of nitrogens with one attached hydrogen (secondary N) is 1. The zero-order valence-electron chi connectivity index (χ0n) is 12.3. The Labute approximate surface area is 123 Å². The number of hydrogen-bond acceptors (Lipinski definition) is 2. The third-order valence-corrected chi connectivity index (χ3v) is 3.36. The van der Waals surface area contributed by atoms with E-state index in [1.165, 1.54) is 24.3 Å². The smallest absolute Gasteiger partial charge is 0.265 e. The second-order valence-electron chi connectivity index (χ2n) is 4.95. The highest BCUT2D eigenvalue weighted by molar-refractivity contribution is 5.94. The van der Waals surface area contributed by atoms with Gasteiger partial charge in [-0.15, -0.1) is 0 Å². The van der Waals surface area contributed by atoms with Crippen molar-refractivity contribution in [2.45, 2.75) is 26.9 Å². The quantitative estimate of drug-likeness (QED) is 0.927. The molecule has 0 saturated heterocycles. The fraction of sp³-hybridized carbons (Fsp3) is 0.235. The molecule has 0 aliphatic rings. The summed E-state index contributed by atoms with van der Waals surface area (Å²) in [5.74, 6) is -0.122. The lowest BCUT2D eigenvalue weighted by atomic mass is 10.1. The van der Waals surface area contributed by atoms with Crippen LogP contribution in [-0.4, -0.2) is 12.0 Å². The van der Waals surface area contributed by atoms with Gasteiger partial charge in [-0.2, -0.15) is 0 Å². The lowest BCUT2D eigenvalue weighted by molar-refractivity contribution is -0.122. The van der Waals surface area contributed by atoms with Crippen LogP contribution in [0.5, 0.6) is 5.75 Å². The highest BCUT2D eigenvalue weighted by atomic mass is 19.1. The zero-order valence-corrected chi connectivity index (χ0v) is 12.3. The molecule has 0 unspecified atom stereocenters. The van der Waals surface area contributed by atoms with Crippen molar-refractivity contribution < 1.29 is 13.9 Å². The van der Waals surface area contributed by atoms with Gasteiger partial charge < -0.3 is 10.1 Å². The molecule has 1 atom stereocenters. The predicted molar refractivity (Wildman–Crippen MR) is 81.0 cm³/mol. The first kappa shape index (κ1) is 15.0. The largest absolute Gasteiger partial charge is 0.481 e. The Kier molecular flexibility index (Phi) is 4.58. The number of carbonyl (C=O) groups is 1. The molecule has 0 aliphatic carbocycles. The third-order valence-electron chi connectivity index (χ3n) is 3.36. The van der Waals surface area contributed by atoms with E-state index in [2.05, 4.69) is 5.32 Å². The molecule has 0 aliphatic heterocycles. The summed E-state index contributed by atoms with van der Waals surface area (Å²) in [6.45, 7) is 5.60. The van der Waals surface area contributed by atoms with Gasteiger partial charge in [-0.1, -0.05) is 12.1 Å². The van der Waals surface area contributed by atoms with Gasteiger partial charge in [0, 0.05) is 5.69 Å². The van der Waals surface area contributed by atoms with Gasteiger partial charge in [0.1, 0.15) is 11.6 Å². The van der Waals surface area contributed by atoms with Gasteiger partial charge in [-0.25, -0.2) is 4.39 Å². The third kappa shape index (κ3) is 3.81. The maximum atomic E-state index is 12.8. The molecule has 21 heavy (non-hydrogen) atoms. The highest BCUT2D eigenvalue weighted by Gasteiger charge is 2.16. The van der Waals surface area contributed by atoms with E-state index in [9.17, 15) is 9.18 Å². The predicted octanol–water partition coefficient (Wildman–Crippen LogP) is 3.85. The summed E-state index contributed by atoms with van der Waals surface area (Å²) in [5.41, 5.74) is 2.91. The molecule has 0 spiro atoms. The summed E-state index contributed by atoms with van der Waals surface area (Å²) in [4.78, 5) is 12.1. The Morgan fingerprint density at radius 2 is 1.81 bits per heavy atom. The van der Waals surface area contributed by atoms with Gasteiger partial charge in [0.2, 0.25) is 0 Å². The van der Waals surface area contributed by atoms with Gasteiger partial charge in [0.15, 0.2) is 6.10 Å². The standard InChI is InChI=1S/C17H18FNO2/c1-11-5-4-6-16(12(11)2)19-17(20)13(3)21-15-9-7-14(18)8-10-15/h4-10,13H,1-3H3,(H,19,20)/t13-/m1/s1. The number of halogens is 1. The molecule has 0 fully saturated rings. The second-order valence-corrected chi connectivity index (χ2v) is 4.95. The SMILES string of the molecule is Cc1cccc(NC(=O)[C@@H](C)Oc2ccc(F)cc2)c1C. The maximum Gasteiger partial charge on any atom is 0.265 e. The molecular weight excluding hydrogens is 269 g/mol. The molecule has 0 bridgehead atoms. The van der Waals surface area contributed by atoms with E-state index in [4.69, 9.17) is 4.74 Å². The van der Waals surface area contributed by atoms with E-state index in [0.29, 0.717) is 5.75 Å². The monoisotopic (exact) mass is 287 g/mol. The Morgan fingerprint density at radius 1 is 1.14 bits per heavy atom. The Hall–Kier alpha value is -2.36. The summed E-state index contributed by atoms with van der Waals surface area (Å²) in [6, 6.07) is 11.3. The average molecular weight is 287 g/mol. The molecular formula is C17H18FNO2. The summed E-state index contributed by atoms with van der Waals surface area (Å²) in [6.07, 6.45) is -0.671. The number of carbonyl (C=O) groups excluding carboxylic acids is 1. The van der Waals surface area contributed by atoms with Crippen LogP contribution in [0.25, 0.3) is 0 Å². The van der Waals surface area contributed by atoms with Crippen LogP contribution in [-0.2, 0) is 4.79 Å². The van der Waals surface area contributed by atoms with Crippen molar-refractivity contribution in [1.82, 2.24) is 0 Å². The van der Waals surface area contributed by atoms with Crippen molar-refractivity contribution in [3.63, 3.8) is 0 Å². The van der Waals surface area contributed by atoms with E-state index in [1.807, 2.05) is 32.0 Å². The number of rotatable bonds is 4. The summed E-state index contributed by atoms with van der Waals surface area (Å²) >= 11 is 0. The second kappa shape index (κ2) is 6.39. The minimum absolute atomic E-state index is 0.243.